The van der Waals surface area contributed by atoms with Crippen molar-refractivity contribution in [2.75, 3.05) is 0 Å². The van der Waals surface area contributed by atoms with Crippen molar-refractivity contribution in [1.82, 2.24) is 0 Å². The van der Waals surface area contributed by atoms with Gasteiger partial charge in [-0.3, -0.25) is 0 Å². The highest BCUT2D eigenvalue weighted by Crippen LogP contribution is 2.26. The molecule has 0 saturated carbocycles. The number of aliphatic hydroxyl groups is 1. The minimum Gasteiger partial charge on any atom is -0.389 e. The quantitative estimate of drug-likeness (QED) is 0.611. The van der Waals surface area contributed by atoms with Crippen LogP contribution in [0.2, 0.25) is 0 Å². The van der Waals surface area contributed by atoms with E-state index in [4.69, 9.17) is 0 Å². The third kappa shape index (κ3) is 1.93. The third-order valence-electron chi connectivity index (χ3n) is 2.37. The molecule has 0 radical (unpaired) electrons. The molecule has 1 heteroatoms. The zero-order chi connectivity index (χ0) is 8.43. The van der Waals surface area contributed by atoms with Crippen LogP contribution in [0.4, 0.5) is 0 Å². The fraction of sp³-hybridized carbons (Fsp3) is 0.600. The summed E-state index contributed by atoms with van der Waals surface area (Å²) in [6.07, 6.45) is 3.85. The first-order valence-electron chi connectivity index (χ1n) is 4.16. The molecular formula is C10H16O. The summed E-state index contributed by atoms with van der Waals surface area (Å²) < 4.78 is 0. The first-order chi connectivity index (χ1) is 5.11. The van der Waals surface area contributed by atoms with Crippen LogP contribution < -0.4 is 0 Å². The van der Waals surface area contributed by atoms with Crippen LogP contribution in [0.1, 0.15) is 26.7 Å². The maximum Gasteiger partial charge on any atom is 0.0752 e. The van der Waals surface area contributed by atoms with Gasteiger partial charge in [-0.1, -0.05) is 25.2 Å². The Morgan fingerprint density at radius 3 is 2.82 bits per heavy atom. The van der Waals surface area contributed by atoms with Crippen LogP contribution in [0.5, 0.6) is 0 Å². The highest BCUT2D eigenvalue weighted by molar-refractivity contribution is 5.29. The Morgan fingerprint density at radius 2 is 2.36 bits per heavy atom. The topological polar surface area (TPSA) is 20.2 Å². The molecule has 0 heterocycles. The molecule has 62 valence electrons. The van der Waals surface area contributed by atoms with Crippen molar-refractivity contribution in [3.63, 3.8) is 0 Å². The minimum absolute atomic E-state index is 0.254. The molecule has 0 aromatic heterocycles. The summed E-state index contributed by atoms with van der Waals surface area (Å²) >= 11 is 0. The molecule has 0 bridgehead atoms. The molecule has 2 atom stereocenters. The number of aliphatic hydroxyl groups excluding tert-OH is 1. The fourth-order valence-corrected chi connectivity index (χ4v) is 1.36. The van der Waals surface area contributed by atoms with E-state index in [9.17, 15) is 5.11 Å². The van der Waals surface area contributed by atoms with E-state index in [0.29, 0.717) is 5.92 Å². The van der Waals surface area contributed by atoms with Gasteiger partial charge in [-0.15, -0.1) is 0 Å². The van der Waals surface area contributed by atoms with Gasteiger partial charge in [0, 0.05) is 0 Å². The fourth-order valence-electron chi connectivity index (χ4n) is 1.36. The van der Waals surface area contributed by atoms with Gasteiger partial charge in [0.2, 0.25) is 0 Å². The predicted octanol–water partition coefficient (Wildman–Crippen LogP) is 2.28. The first kappa shape index (κ1) is 8.54. The molecule has 0 aromatic carbocycles. The van der Waals surface area contributed by atoms with Crippen molar-refractivity contribution in [3.8, 4) is 0 Å². The van der Waals surface area contributed by atoms with Gasteiger partial charge in [0.1, 0.15) is 0 Å². The minimum atomic E-state index is -0.254. The first-order valence-corrected chi connectivity index (χ1v) is 4.16. The lowest BCUT2D eigenvalue weighted by Crippen LogP contribution is -2.19. The molecule has 0 unspecified atom stereocenters. The van der Waals surface area contributed by atoms with E-state index in [2.05, 4.69) is 13.5 Å². The Hall–Kier alpha value is -0.560. The van der Waals surface area contributed by atoms with Crippen LogP contribution in [0, 0.1) is 5.92 Å². The van der Waals surface area contributed by atoms with E-state index in [1.807, 2.05) is 13.0 Å². The SMILES string of the molecule is C=C(C)C1=C[C@@H](O)[C@H](C)CC1. The monoisotopic (exact) mass is 152 g/mol. The Kier molecular flexibility index (Phi) is 2.50. The van der Waals surface area contributed by atoms with E-state index in [-0.39, 0.29) is 6.10 Å². The van der Waals surface area contributed by atoms with Gasteiger partial charge >= 0.3 is 0 Å². The van der Waals surface area contributed by atoms with Crippen molar-refractivity contribution in [3.05, 3.63) is 23.8 Å². The van der Waals surface area contributed by atoms with Gasteiger partial charge in [-0.05, 0) is 31.3 Å². The summed E-state index contributed by atoms with van der Waals surface area (Å²) in [7, 11) is 0. The van der Waals surface area contributed by atoms with Crippen LogP contribution in [-0.4, -0.2) is 11.2 Å². The van der Waals surface area contributed by atoms with Crippen molar-refractivity contribution in [2.24, 2.45) is 5.92 Å². The number of hydrogen-bond donors (Lipinski definition) is 1. The van der Waals surface area contributed by atoms with Crippen LogP contribution in [-0.2, 0) is 0 Å². The molecule has 0 aromatic rings. The van der Waals surface area contributed by atoms with Gasteiger partial charge in [0.15, 0.2) is 0 Å². The van der Waals surface area contributed by atoms with Crippen LogP contribution >= 0.6 is 0 Å². The van der Waals surface area contributed by atoms with E-state index >= 15 is 0 Å². The molecule has 0 spiro atoms. The Balaban J connectivity index is 2.71. The third-order valence-corrected chi connectivity index (χ3v) is 2.37. The standard InChI is InChI=1S/C10H16O/c1-7(2)9-5-4-8(3)10(11)6-9/h6,8,10-11H,1,4-5H2,2-3H3/t8-,10-/m1/s1. The zero-order valence-corrected chi connectivity index (χ0v) is 7.30. The van der Waals surface area contributed by atoms with E-state index in [1.54, 1.807) is 0 Å². The Bertz CT molecular complexity index is 191. The Morgan fingerprint density at radius 1 is 1.73 bits per heavy atom. The average molecular weight is 152 g/mol. The molecule has 1 N–H and O–H groups in total. The lowest BCUT2D eigenvalue weighted by atomic mass is 9.86. The average Bonchev–Trinajstić information content (AvgIpc) is 1.94. The van der Waals surface area contributed by atoms with Gasteiger partial charge in [0.25, 0.3) is 0 Å². The number of hydrogen-bond acceptors (Lipinski definition) is 1. The number of rotatable bonds is 1. The molecule has 1 aliphatic rings. The van der Waals surface area contributed by atoms with Crippen LogP contribution in [0.15, 0.2) is 23.8 Å². The lowest BCUT2D eigenvalue weighted by Gasteiger charge is -2.23. The largest absolute Gasteiger partial charge is 0.389 e. The summed E-state index contributed by atoms with van der Waals surface area (Å²) in [5.41, 5.74) is 2.33. The summed E-state index contributed by atoms with van der Waals surface area (Å²) in [6.45, 7) is 7.93. The normalized spacial score (nSPS) is 31.4. The summed E-state index contributed by atoms with van der Waals surface area (Å²) in [5, 5.41) is 9.48. The van der Waals surface area contributed by atoms with Gasteiger partial charge in [0.05, 0.1) is 6.10 Å². The summed E-state index contributed by atoms with van der Waals surface area (Å²) in [5.74, 6) is 0.415. The molecule has 1 rings (SSSR count). The Labute approximate surface area is 68.4 Å². The summed E-state index contributed by atoms with van der Waals surface area (Å²) in [4.78, 5) is 0. The van der Waals surface area contributed by atoms with Crippen molar-refractivity contribution < 1.29 is 5.11 Å². The second-order valence-electron chi connectivity index (χ2n) is 3.48. The van der Waals surface area contributed by atoms with E-state index < -0.39 is 0 Å². The smallest absolute Gasteiger partial charge is 0.0752 e. The molecule has 0 saturated heterocycles. The van der Waals surface area contributed by atoms with Gasteiger partial charge in [-0.25, -0.2) is 0 Å². The second-order valence-corrected chi connectivity index (χ2v) is 3.48. The second kappa shape index (κ2) is 3.22. The highest BCUT2D eigenvalue weighted by Gasteiger charge is 2.18. The van der Waals surface area contributed by atoms with Crippen molar-refractivity contribution in [2.45, 2.75) is 32.8 Å². The van der Waals surface area contributed by atoms with Crippen LogP contribution in [0.3, 0.4) is 0 Å². The molecule has 0 aliphatic heterocycles. The van der Waals surface area contributed by atoms with Crippen molar-refractivity contribution >= 4 is 0 Å². The lowest BCUT2D eigenvalue weighted by molar-refractivity contribution is 0.149. The van der Waals surface area contributed by atoms with Crippen LogP contribution in [0.25, 0.3) is 0 Å². The van der Waals surface area contributed by atoms with E-state index in [0.717, 1.165) is 18.4 Å². The molecule has 11 heavy (non-hydrogen) atoms. The van der Waals surface area contributed by atoms with Crippen molar-refractivity contribution in [1.29, 1.82) is 0 Å². The number of allylic oxidation sites excluding steroid dienone is 2. The molecule has 1 aliphatic carbocycles. The molecular weight excluding hydrogens is 136 g/mol. The molecule has 1 nitrogen and oxygen atoms in total. The molecule has 0 amide bonds. The van der Waals surface area contributed by atoms with Gasteiger partial charge < -0.3 is 5.11 Å². The predicted molar refractivity (Wildman–Crippen MR) is 47.3 cm³/mol. The highest BCUT2D eigenvalue weighted by atomic mass is 16.3. The maximum absolute atomic E-state index is 9.48. The maximum atomic E-state index is 9.48. The summed E-state index contributed by atoms with van der Waals surface area (Å²) in [6, 6.07) is 0. The zero-order valence-electron chi connectivity index (χ0n) is 7.30. The van der Waals surface area contributed by atoms with E-state index in [1.165, 1.54) is 5.57 Å². The molecule has 0 fully saturated rings. The van der Waals surface area contributed by atoms with Gasteiger partial charge in [-0.2, -0.15) is 0 Å².